The number of quaternary nitrogens is 1. The molecular weight excluding hydrogens is 302 g/mol. The average molecular weight is 327 g/mol. The summed E-state index contributed by atoms with van der Waals surface area (Å²) in [6.07, 6.45) is 3.56. The zero-order valence-corrected chi connectivity index (χ0v) is 14.1. The molecule has 0 aliphatic carbocycles. The van der Waals surface area contributed by atoms with Gasteiger partial charge >= 0.3 is 0 Å². The first kappa shape index (κ1) is 17.3. The Hall–Kier alpha value is -1.10. The number of nitrogens with one attached hydrogen (secondary N) is 1. The fourth-order valence-electron chi connectivity index (χ4n) is 3.00. The first-order valence-electron chi connectivity index (χ1n) is 7.95. The van der Waals surface area contributed by atoms with Crippen LogP contribution in [-0.2, 0) is 4.74 Å². The highest BCUT2D eigenvalue weighted by Crippen LogP contribution is 2.21. The van der Waals surface area contributed by atoms with Gasteiger partial charge in [-0.2, -0.15) is 0 Å². The van der Waals surface area contributed by atoms with Crippen LogP contribution in [0.1, 0.15) is 37.0 Å². The highest BCUT2D eigenvalue weighted by Gasteiger charge is 2.24. The molecular formula is C17H25ClNO3+. The number of hydrogen-bond donors (Lipinski definition) is 1. The minimum Gasteiger partial charge on any atom is -0.493 e. The lowest BCUT2D eigenvalue weighted by Crippen LogP contribution is -3.15. The Morgan fingerprint density at radius 2 is 2.05 bits per heavy atom. The number of halogens is 1. The maximum absolute atomic E-state index is 11.0. The van der Waals surface area contributed by atoms with E-state index in [1.165, 1.54) is 0 Å². The molecule has 1 aliphatic heterocycles. The molecule has 0 radical (unpaired) electrons. The Bertz CT molecular complexity index is 485. The van der Waals surface area contributed by atoms with Crippen LogP contribution in [-0.4, -0.2) is 44.7 Å². The largest absolute Gasteiger partial charge is 0.493 e. The lowest BCUT2D eigenvalue weighted by Gasteiger charge is -2.32. The van der Waals surface area contributed by atoms with Crippen LogP contribution >= 0.6 is 11.6 Å². The third kappa shape index (κ3) is 5.27. The van der Waals surface area contributed by atoms with E-state index in [1.807, 2.05) is 0 Å². The van der Waals surface area contributed by atoms with Crippen LogP contribution in [0.2, 0.25) is 5.02 Å². The van der Waals surface area contributed by atoms with Crippen LogP contribution in [0.3, 0.4) is 0 Å². The van der Waals surface area contributed by atoms with E-state index in [0.29, 0.717) is 35.2 Å². The van der Waals surface area contributed by atoms with Gasteiger partial charge in [0, 0.05) is 5.02 Å². The quantitative estimate of drug-likeness (QED) is 0.615. The third-order valence-corrected chi connectivity index (χ3v) is 4.13. The molecule has 22 heavy (non-hydrogen) atoms. The number of hydrogen-bond acceptors (Lipinski definition) is 3. The molecule has 1 aliphatic rings. The molecule has 1 aromatic rings. The normalized spacial score (nSPS) is 25.0. The first-order chi connectivity index (χ1) is 10.6. The zero-order chi connectivity index (χ0) is 15.9. The molecule has 0 unspecified atom stereocenters. The van der Waals surface area contributed by atoms with Crippen molar-refractivity contribution in [3.8, 4) is 5.75 Å². The SMILES string of the molecule is C[C@H]1C[NH+](CCCCOc2ccc(Cl)cc2C=O)C[C@H](C)O1. The maximum atomic E-state index is 11.0. The van der Waals surface area contributed by atoms with Crippen molar-refractivity contribution in [2.24, 2.45) is 0 Å². The van der Waals surface area contributed by atoms with Crippen molar-refractivity contribution in [2.75, 3.05) is 26.2 Å². The topological polar surface area (TPSA) is 40.0 Å². The summed E-state index contributed by atoms with van der Waals surface area (Å²) in [5.74, 6) is 0.611. The zero-order valence-electron chi connectivity index (χ0n) is 13.3. The minimum atomic E-state index is 0.346. The fraction of sp³-hybridized carbons (Fsp3) is 0.588. The molecule has 2 atom stereocenters. The van der Waals surface area contributed by atoms with Gasteiger partial charge in [-0.05, 0) is 44.9 Å². The summed E-state index contributed by atoms with van der Waals surface area (Å²) in [4.78, 5) is 12.6. The van der Waals surface area contributed by atoms with E-state index in [1.54, 1.807) is 23.1 Å². The Balaban J connectivity index is 1.68. The van der Waals surface area contributed by atoms with Crippen LogP contribution in [0.25, 0.3) is 0 Å². The van der Waals surface area contributed by atoms with Gasteiger partial charge in [0.1, 0.15) is 31.0 Å². The second-order valence-corrected chi connectivity index (χ2v) is 6.46. The number of ether oxygens (including phenoxy) is 2. The molecule has 1 fully saturated rings. The number of rotatable bonds is 7. The Morgan fingerprint density at radius 3 is 2.73 bits per heavy atom. The van der Waals surface area contributed by atoms with Gasteiger partial charge in [0.15, 0.2) is 6.29 Å². The summed E-state index contributed by atoms with van der Waals surface area (Å²) >= 11 is 5.86. The van der Waals surface area contributed by atoms with Crippen molar-refractivity contribution in [3.63, 3.8) is 0 Å². The summed E-state index contributed by atoms with van der Waals surface area (Å²) in [7, 11) is 0. The van der Waals surface area contributed by atoms with Crippen LogP contribution in [0.5, 0.6) is 5.75 Å². The number of unbranched alkanes of at least 4 members (excludes halogenated alkanes) is 1. The molecule has 1 saturated heterocycles. The van der Waals surface area contributed by atoms with Gasteiger partial charge in [-0.15, -0.1) is 0 Å². The number of carbonyl (C=O) groups excluding carboxylic acids is 1. The summed E-state index contributed by atoms with van der Waals surface area (Å²) < 4.78 is 11.4. The summed E-state index contributed by atoms with van der Waals surface area (Å²) in [5.41, 5.74) is 0.508. The number of morpholine rings is 1. The van der Waals surface area contributed by atoms with Crippen molar-refractivity contribution >= 4 is 17.9 Å². The molecule has 1 heterocycles. The second-order valence-electron chi connectivity index (χ2n) is 6.02. The van der Waals surface area contributed by atoms with Crippen LogP contribution < -0.4 is 9.64 Å². The molecule has 2 rings (SSSR count). The number of carbonyl (C=O) groups is 1. The molecule has 0 aromatic heterocycles. The van der Waals surface area contributed by atoms with Gasteiger partial charge in [-0.1, -0.05) is 11.6 Å². The van der Waals surface area contributed by atoms with Crippen LogP contribution in [0.4, 0.5) is 0 Å². The Kier molecular flexibility index (Phi) is 6.68. The van der Waals surface area contributed by atoms with E-state index in [-0.39, 0.29) is 0 Å². The molecule has 0 bridgehead atoms. The monoisotopic (exact) mass is 326 g/mol. The summed E-state index contributed by atoms with van der Waals surface area (Å²) in [6, 6.07) is 5.12. The highest BCUT2D eigenvalue weighted by atomic mass is 35.5. The molecule has 0 saturated carbocycles. The highest BCUT2D eigenvalue weighted by molar-refractivity contribution is 6.30. The van der Waals surface area contributed by atoms with Gasteiger partial charge in [0.25, 0.3) is 0 Å². The Labute approximate surface area is 137 Å². The van der Waals surface area contributed by atoms with Gasteiger partial charge in [-0.25, -0.2) is 0 Å². The fourth-order valence-corrected chi connectivity index (χ4v) is 3.18. The molecule has 0 amide bonds. The minimum absolute atomic E-state index is 0.346. The molecule has 0 spiro atoms. The Morgan fingerprint density at radius 1 is 1.32 bits per heavy atom. The van der Waals surface area contributed by atoms with E-state index < -0.39 is 0 Å². The predicted octanol–water partition coefficient (Wildman–Crippen LogP) is 2.00. The maximum Gasteiger partial charge on any atom is 0.153 e. The first-order valence-corrected chi connectivity index (χ1v) is 8.33. The lowest BCUT2D eigenvalue weighted by atomic mass is 10.2. The molecule has 1 N–H and O–H groups in total. The van der Waals surface area contributed by atoms with E-state index in [4.69, 9.17) is 21.1 Å². The van der Waals surface area contributed by atoms with E-state index in [9.17, 15) is 4.79 Å². The molecule has 5 heteroatoms. The van der Waals surface area contributed by atoms with Crippen molar-refractivity contribution in [3.05, 3.63) is 28.8 Å². The van der Waals surface area contributed by atoms with Crippen LogP contribution in [0.15, 0.2) is 18.2 Å². The number of benzene rings is 1. The van der Waals surface area contributed by atoms with Gasteiger partial charge in [0.2, 0.25) is 0 Å². The summed E-state index contributed by atoms with van der Waals surface area (Å²) in [5, 5.41) is 0.550. The summed E-state index contributed by atoms with van der Waals surface area (Å²) in [6.45, 7) is 8.20. The van der Waals surface area contributed by atoms with Gasteiger partial charge in [0.05, 0.1) is 18.7 Å². The van der Waals surface area contributed by atoms with Crippen molar-refractivity contribution in [1.82, 2.24) is 0 Å². The molecule has 122 valence electrons. The number of aldehydes is 1. The van der Waals surface area contributed by atoms with Gasteiger partial charge < -0.3 is 14.4 Å². The standard InChI is InChI=1S/C17H24ClNO3/c1-13-10-19(11-14(2)22-13)7-3-4-8-21-17-6-5-16(18)9-15(17)12-20/h5-6,9,12-14H,3-4,7-8,10-11H2,1-2H3/p+1/t13-,14-/m0/s1. The van der Waals surface area contributed by atoms with Crippen LogP contribution in [0, 0.1) is 0 Å². The molecule has 4 nitrogen and oxygen atoms in total. The molecule has 1 aromatic carbocycles. The lowest BCUT2D eigenvalue weighted by molar-refractivity contribution is -0.915. The third-order valence-electron chi connectivity index (χ3n) is 3.90. The van der Waals surface area contributed by atoms with Crippen molar-refractivity contribution in [2.45, 2.75) is 38.9 Å². The van der Waals surface area contributed by atoms with E-state index in [0.717, 1.165) is 38.8 Å². The van der Waals surface area contributed by atoms with E-state index >= 15 is 0 Å². The predicted molar refractivity (Wildman–Crippen MR) is 87.1 cm³/mol. The second kappa shape index (κ2) is 8.51. The van der Waals surface area contributed by atoms with Gasteiger partial charge in [-0.3, -0.25) is 4.79 Å². The van der Waals surface area contributed by atoms with Crippen molar-refractivity contribution < 1.29 is 19.2 Å². The van der Waals surface area contributed by atoms with Crippen molar-refractivity contribution in [1.29, 1.82) is 0 Å². The smallest absolute Gasteiger partial charge is 0.153 e. The van der Waals surface area contributed by atoms with E-state index in [2.05, 4.69) is 13.8 Å². The average Bonchev–Trinajstić information content (AvgIpc) is 2.47.